The second-order valence-corrected chi connectivity index (χ2v) is 10.7. The highest BCUT2D eigenvalue weighted by molar-refractivity contribution is 7.89. The normalized spacial score (nSPS) is 17.9. The number of hydrogen-bond donors (Lipinski definition) is 1. The van der Waals surface area contributed by atoms with Crippen molar-refractivity contribution in [3.63, 3.8) is 0 Å². The minimum Gasteiger partial charge on any atom is -0.505 e. The molecule has 11 heteroatoms. The Balaban J connectivity index is 1.39. The van der Waals surface area contributed by atoms with Gasteiger partial charge in [0.25, 0.3) is 0 Å². The number of piperazine rings is 1. The summed E-state index contributed by atoms with van der Waals surface area (Å²) in [6.07, 6.45) is 3.56. The van der Waals surface area contributed by atoms with E-state index in [0.717, 1.165) is 36.0 Å². The third kappa shape index (κ3) is 3.91. The fourth-order valence-electron chi connectivity index (χ4n) is 4.06. The first-order valence-corrected chi connectivity index (χ1v) is 12.3. The Labute approximate surface area is 188 Å². The van der Waals surface area contributed by atoms with Gasteiger partial charge in [-0.3, -0.25) is 0 Å². The van der Waals surface area contributed by atoms with E-state index in [1.807, 2.05) is 11.0 Å². The zero-order chi connectivity index (χ0) is 22.6. The van der Waals surface area contributed by atoms with Gasteiger partial charge in [0.1, 0.15) is 0 Å². The number of phenolic OH excluding ortho intramolecular Hbond substituents is 1. The van der Waals surface area contributed by atoms with Crippen LogP contribution in [0.4, 0.5) is 14.5 Å². The van der Waals surface area contributed by atoms with E-state index in [1.54, 1.807) is 16.6 Å². The second kappa shape index (κ2) is 7.86. The fourth-order valence-corrected chi connectivity index (χ4v) is 6.20. The van der Waals surface area contributed by atoms with Crippen LogP contribution in [-0.4, -0.2) is 59.5 Å². The van der Waals surface area contributed by atoms with Crippen molar-refractivity contribution in [2.75, 3.05) is 36.8 Å². The molecule has 1 aromatic heterocycles. The summed E-state index contributed by atoms with van der Waals surface area (Å²) < 4.78 is 55.2. The molecular weight excluding hydrogens is 462 g/mol. The lowest BCUT2D eigenvalue weighted by molar-refractivity contribution is 0.384. The quantitative estimate of drug-likeness (QED) is 0.602. The predicted molar refractivity (Wildman–Crippen MR) is 118 cm³/mol. The third-order valence-corrected chi connectivity index (χ3v) is 8.34. The number of phenols is 1. The number of fused-ring (bicyclic) bond motifs is 1. The van der Waals surface area contributed by atoms with Gasteiger partial charge in [-0.15, -0.1) is 0 Å². The Morgan fingerprint density at radius 3 is 2.47 bits per heavy atom. The van der Waals surface area contributed by atoms with Gasteiger partial charge < -0.3 is 10.0 Å². The van der Waals surface area contributed by atoms with Gasteiger partial charge in [0.2, 0.25) is 10.0 Å². The van der Waals surface area contributed by atoms with Gasteiger partial charge in [0.15, 0.2) is 17.4 Å². The Bertz CT molecular complexity index is 1280. The van der Waals surface area contributed by atoms with Gasteiger partial charge in [-0.25, -0.2) is 17.5 Å². The highest BCUT2D eigenvalue weighted by atomic mass is 35.5. The lowest BCUT2D eigenvalue weighted by Gasteiger charge is -2.35. The molecule has 1 saturated heterocycles. The van der Waals surface area contributed by atoms with Gasteiger partial charge in [0, 0.05) is 43.7 Å². The molecule has 0 spiro atoms. The topological polar surface area (TPSA) is 78.7 Å². The number of rotatable bonds is 5. The van der Waals surface area contributed by atoms with Crippen LogP contribution in [-0.2, 0) is 10.0 Å². The molecule has 2 aromatic carbocycles. The molecule has 7 nitrogen and oxygen atoms in total. The van der Waals surface area contributed by atoms with Crippen molar-refractivity contribution >= 4 is 38.2 Å². The summed E-state index contributed by atoms with van der Waals surface area (Å²) in [5.41, 5.74) is 1.48. The number of sulfonamides is 1. The second-order valence-electron chi connectivity index (χ2n) is 8.29. The highest BCUT2D eigenvalue weighted by Gasteiger charge is 2.34. The van der Waals surface area contributed by atoms with E-state index in [-0.39, 0.29) is 11.4 Å². The van der Waals surface area contributed by atoms with E-state index in [9.17, 15) is 22.3 Å². The van der Waals surface area contributed by atoms with E-state index in [0.29, 0.717) is 42.6 Å². The Hall–Kier alpha value is -2.43. The maximum Gasteiger partial charge on any atom is 0.214 e. The summed E-state index contributed by atoms with van der Waals surface area (Å²) in [5.74, 6) is -2.76. The van der Waals surface area contributed by atoms with Gasteiger partial charge in [-0.1, -0.05) is 11.6 Å². The molecule has 0 atom stereocenters. The number of anilines is 1. The standard InChI is InChI=1S/C21H21ClF2N4O3S/c22-16-10-18-14(11-25-28(18)15-8-17(23)21(24)20(29)9-15)7-19(16)26-3-5-27(6-4-26)32(30,31)12-13-1-2-13/h7-11,13,29H,1-6,12H2. The molecule has 0 radical (unpaired) electrons. The predicted octanol–water partition coefficient (Wildman–Crippen LogP) is 3.52. The molecule has 2 heterocycles. The van der Waals surface area contributed by atoms with Crippen LogP contribution >= 0.6 is 11.6 Å². The van der Waals surface area contributed by atoms with E-state index in [1.165, 1.54) is 4.68 Å². The van der Waals surface area contributed by atoms with E-state index < -0.39 is 27.4 Å². The first-order chi connectivity index (χ1) is 15.2. The number of halogens is 3. The summed E-state index contributed by atoms with van der Waals surface area (Å²) in [6, 6.07) is 5.56. The molecule has 1 aliphatic heterocycles. The number of benzene rings is 2. The van der Waals surface area contributed by atoms with Crippen LogP contribution in [0.1, 0.15) is 12.8 Å². The summed E-state index contributed by atoms with van der Waals surface area (Å²) >= 11 is 6.55. The highest BCUT2D eigenvalue weighted by Crippen LogP contribution is 2.35. The molecule has 3 aromatic rings. The van der Waals surface area contributed by atoms with Crippen molar-refractivity contribution < 1.29 is 22.3 Å². The summed E-state index contributed by atoms with van der Waals surface area (Å²) in [7, 11) is -3.23. The van der Waals surface area contributed by atoms with Crippen molar-refractivity contribution in [3.05, 3.63) is 47.1 Å². The molecule has 170 valence electrons. The molecule has 2 aliphatic rings. The van der Waals surface area contributed by atoms with Gasteiger partial charge in [-0.05, 0) is 30.9 Å². The zero-order valence-electron chi connectivity index (χ0n) is 17.0. The molecule has 32 heavy (non-hydrogen) atoms. The Kier molecular flexibility index (Phi) is 5.26. The van der Waals surface area contributed by atoms with Crippen molar-refractivity contribution in [2.24, 2.45) is 5.92 Å². The SMILES string of the molecule is O=S(=O)(CC1CC1)N1CCN(c2cc3cnn(-c4cc(O)c(F)c(F)c4)c3cc2Cl)CC1. The lowest BCUT2D eigenvalue weighted by atomic mass is 10.2. The number of aromatic nitrogens is 2. The maximum atomic E-state index is 13.8. The Morgan fingerprint density at radius 2 is 1.81 bits per heavy atom. The van der Waals surface area contributed by atoms with Gasteiger partial charge in [-0.2, -0.15) is 13.8 Å². The van der Waals surface area contributed by atoms with Crippen LogP contribution in [0.15, 0.2) is 30.5 Å². The maximum absolute atomic E-state index is 13.8. The molecular formula is C21H21ClF2N4O3S. The van der Waals surface area contributed by atoms with Crippen molar-refractivity contribution in [1.29, 1.82) is 0 Å². The molecule has 1 aliphatic carbocycles. The summed E-state index contributed by atoms with van der Waals surface area (Å²) in [4.78, 5) is 2.03. The van der Waals surface area contributed by atoms with E-state index >= 15 is 0 Å². The van der Waals surface area contributed by atoms with Crippen LogP contribution < -0.4 is 4.90 Å². The Morgan fingerprint density at radius 1 is 1.09 bits per heavy atom. The number of aromatic hydroxyl groups is 1. The van der Waals surface area contributed by atoms with Gasteiger partial charge >= 0.3 is 0 Å². The molecule has 5 rings (SSSR count). The molecule has 1 N–H and O–H groups in total. The van der Waals surface area contributed by atoms with Crippen LogP contribution in [0, 0.1) is 17.6 Å². The smallest absolute Gasteiger partial charge is 0.214 e. The summed E-state index contributed by atoms with van der Waals surface area (Å²) in [5, 5.41) is 15.0. The minimum absolute atomic E-state index is 0.162. The van der Waals surface area contributed by atoms with Crippen LogP contribution in [0.2, 0.25) is 5.02 Å². The van der Waals surface area contributed by atoms with E-state index in [2.05, 4.69) is 5.10 Å². The van der Waals surface area contributed by atoms with Crippen molar-refractivity contribution in [3.8, 4) is 11.4 Å². The third-order valence-electron chi connectivity index (χ3n) is 5.99. The molecule has 1 saturated carbocycles. The molecule has 0 unspecified atom stereocenters. The van der Waals surface area contributed by atoms with E-state index in [4.69, 9.17) is 11.6 Å². The van der Waals surface area contributed by atoms with Crippen LogP contribution in [0.25, 0.3) is 16.6 Å². The zero-order valence-corrected chi connectivity index (χ0v) is 18.6. The molecule has 2 fully saturated rings. The van der Waals surface area contributed by atoms with Gasteiger partial charge in [0.05, 0.1) is 33.9 Å². The first kappa shape index (κ1) is 21.4. The fraction of sp³-hybridized carbons (Fsp3) is 0.381. The lowest BCUT2D eigenvalue weighted by Crippen LogP contribution is -2.49. The largest absolute Gasteiger partial charge is 0.505 e. The monoisotopic (exact) mass is 482 g/mol. The van der Waals surface area contributed by atoms with Crippen molar-refractivity contribution in [1.82, 2.24) is 14.1 Å². The average Bonchev–Trinajstić information content (AvgIpc) is 3.47. The van der Waals surface area contributed by atoms with Crippen molar-refractivity contribution in [2.45, 2.75) is 12.8 Å². The minimum atomic E-state index is -3.23. The number of hydrogen-bond acceptors (Lipinski definition) is 5. The summed E-state index contributed by atoms with van der Waals surface area (Å²) in [6.45, 7) is 1.83. The van der Waals surface area contributed by atoms with Crippen LogP contribution in [0.3, 0.4) is 0 Å². The average molecular weight is 483 g/mol. The van der Waals surface area contributed by atoms with Crippen LogP contribution in [0.5, 0.6) is 5.75 Å². The first-order valence-electron chi connectivity index (χ1n) is 10.3. The molecule has 0 amide bonds. The number of nitrogens with zero attached hydrogens (tertiary/aromatic N) is 4. The molecule has 0 bridgehead atoms.